The summed E-state index contributed by atoms with van der Waals surface area (Å²) in [7, 11) is 1.45. The lowest BCUT2D eigenvalue weighted by Crippen LogP contribution is -2.28. The van der Waals surface area contributed by atoms with E-state index < -0.39 is 0 Å². The summed E-state index contributed by atoms with van der Waals surface area (Å²) >= 11 is 0. The van der Waals surface area contributed by atoms with Crippen molar-refractivity contribution in [1.82, 2.24) is 5.48 Å². The molecular formula is C15H13NO2. The molecule has 2 aromatic carbocycles. The van der Waals surface area contributed by atoms with Crippen LogP contribution in [0, 0.1) is 0 Å². The van der Waals surface area contributed by atoms with Crippen molar-refractivity contribution in [2.75, 3.05) is 7.11 Å². The van der Waals surface area contributed by atoms with E-state index in [2.05, 4.69) is 5.48 Å². The van der Waals surface area contributed by atoms with Gasteiger partial charge in [0.1, 0.15) is 0 Å². The highest BCUT2D eigenvalue weighted by atomic mass is 16.6. The Morgan fingerprint density at radius 2 is 1.50 bits per heavy atom. The molecule has 1 aliphatic rings. The summed E-state index contributed by atoms with van der Waals surface area (Å²) < 4.78 is 0. The second-order valence-electron chi connectivity index (χ2n) is 4.28. The Morgan fingerprint density at radius 1 is 1.00 bits per heavy atom. The Bertz CT molecular complexity index is 561. The van der Waals surface area contributed by atoms with E-state index in [1.165, 1.54) is 7.11 Å². The number of hydroxylamine groups is 1. The van der Waals surface area contributed by atoms with Crippen LogP contribution in [0.4, 0.5) is 0 Å². The van der Waals surface area contributed by atoms with E-state index in [1.54, 1.807) is 0 Å². The van der Waals surface area contributed by atoms with Crippen LogP contribution in [0.15, 0.2) is 48.5 Å². The van der Waals surface area contributed by atoms with Crippen molar-refractivity contribution >= 4 is 5.91 Å². The molecule has 1 aliphatic carbocycles. The molecule has 0 radical (unpaired) electrons. The van der Waals surface area contributed by atoms with Gasteiger partial charge in [0.25, 0.3) is 5.91 Å². The summed E-state index contributed by atoms with van der Waals surface area (Å²) in [6.45, 7) is 0. The first-order valence-corrected chi connectivity index (χ1v) is 5.84. The lowest BCUT2D eigenvalue weighted by atomic mass is 9.96. The fourth-order valence-electron chi connectivity index (χ4n) is 2.60. The first-order chi connectivity index (χ1) is 8.83. The van der Waals surface area contributed by atoms with Crippen LogP contribution in [-0.2, 0) is 9.63 Å². The third-order valence-electron chi connectivity index (χ3n) is 3.30. The van der Waals surface area contributed by atoms with E-state index in [0.717, 1.165) is 22.3 Å². The normalized spacial score (nSPS) is 12.9. The number of carbonyl (C=O) groups is 1. The number of hydrogen-bond donors (Lipinski definition) is 1. The Morgan fingerprint density at radius 3 is 2.00 bits per heavy atom. The van der Waals surface area contributed by atoms with E-state index in [-0.39, 0.29) is 11.8 Å². The lowest BCUT2D eigenvalue weighted by molar-refractivity contribution is -0.131. The molecule has 2 aromatic rings. The molecule has 0 bridgehead atoms. The van der Waals surface area contributed by atoms with Gasteiger partial charge < -0.3 is 0 Å². The van der Waals surface area contributed by atoms with E-state index in [9.17, 15) is 4.79 Å². The van der Waals surface area contributed by atoms with Crippen molar-refractivity contribution in [3.63, 3.8) is 0 Å². The Kier molecular flexibility index (Phi) is 2.61. The first kappa shape index (κ1) is 11.0. The van der Waals surface area contributed by atoms with Gasteiger partial charge in [-0.05, 0) is 22.3 Å². The highest BCUT2D eigenvalue weighted by molar-refractivity contribution is 5.95. The lowest BCUT2D eigenvalue weighted by Gasteiger charge is -2.12. The van der Waals surface area contributed by atoms with Crippen LogP contribution in [0.3, 0.4) is 0 Å². The van der Waals surface area contributed by atoms with Crippen molar-refractivity contribution < 1.29 is 9.63 Å². The minimum absolute atomic E-state index is 0.130. The average Bonchev–Trinajstić information content (AvgIpc) is 2.73. The summed E-state index contributed by atoms with van der Waals surface area (Å²) in [5.41, 5.74) is 6.76. The van der Waals surface area contributed by atoms with Gasteiger partial charge >= 0.3 is 0 Å². The monoisotopic (exact) mass is 239 g/mol. The molecule has 1 amide bonds. The predicted molar refractivity (Wildman–Crippen MR) is 68.9 cm³/mol. The zero-order valence-electron chi connectivity index (χ0n) is 10.0. The third-order valence-corrected chi connectivity index (χ3v) is 3.30. The Labute approximate surface area is 105 Å². The first-order valence-electron chi connectivity index (χ1n) is 5.84. The number of fused-ring (bicyclic) bond motifs is 3. The number of benzene rings is 2. The van der Waals surface area contributed by atoms with Crippen LogP contribution >= 0.6 is 0 Å². The second-order valence-corrected chi connectivity index (χ2v) is 4.28. The molecule has 0 aliphatic heterocycles. The molecule has 0 saturated heterocycles. The zero-order chi connectivity index (χ0) is 12.5. The molecule has 0 spiro atoms. The van der Waals surface area contributed by atoms with Crippen molar-refractivity contribution in [3.05, 3.63) is 59.7 Å². The standard InChI is InChI=1S/C15H13NO2/c1-18-16-15(17)14-12-8-4-2-6-10(12)11-7-3-5-9-13(11)14/h2-9,14H,1H3,(H,16,17). The van der Waals surface area contributed by atoms with Crippen LogP contribution in [-0.4, -0.2) is 13.0 Å². The molecule has 90 valence electrons. The van der Waals surface area contributed by atoms with E-state index in [4.69, 9.17) is 4.84 Å². The van der Waals surface area contributed by atoms with Gasteiger partial charge in [0.2, 0.25) is 0 Å². The zero-order valence-corrected chi connectivity index (χ0v) is 10.0. The fourth-order valence-corrected chi connectivity index (χ4v) is 2.60. The summed E-state index contributed by atoms with van der Waals surface area (Å²) in [5, 5.41) is 0. The van der Waals surface area contributed by atoms with Gasteiger partial charge in [0.15, 0.2) is 0 Å². The average molecular weight is 239 g/mol. The maximum absolute atomic E-state index is 12.1. The molecule has 1 N–H and O–H groups in total. The molecule has 0 atom stereocenters. The maximum Gasteiger partial charge on any atom is 0.255 e. The molecule has 3 nitrogen and oxygen atoms in total. The van der Waals surface area contributed by atoms with Crippen LogP contribution in [0.5, 0.6) is 0 Å². The van der Waals surface area contributed by atoms with E-state index in [1.807, 2.05) is 48.5 Å². The molecule has 0 saturated carbocycles. The predicted octanol–water partition coefficient (Wildman–Crippen LogP) is 2.48. The minimum Gasteiger partial charge on any atom is -0.277 e. The van der Waals surface area contributed by atoms with Crippen molar-refractivity contribution in [2.45, 2.75) is 5.92 Å². The number of amides is 1. The maximum atomic E-state index is 12.1. The van der Waals surface area contributed by atoms with Gasteiger partial charge in [0, 0.05) is 0 Å². The molecule has 3 heteroatoms. The third kappa shape index (κ3) is 1.52. The molecule has 0 unspecified atom stereocenters. The van der Waals surface area contributed by atoms with Crippen LogP contribution in [0.25, 0.3) is 11.1 Å². The molecule has 0 heterocycles. The highest BCUT2D eigenvalue weighted by Gasteiger charge is 2.33. The summed E-state index contributed by atoms with van der Waals surface area (Å²) in [5.74, 6) is -0.410. The van der Waals surface area contributed by atoms with Gasteiger partial charge in [-0.2, -0.15) is 0 Å². The van der Waals surface area contributed by atoms with Crippen LogP contribution in [0.2, 0.25) is 0 Å². The van der Waals surface area contributed by atoms with Crippen LogP contribution < -0.4 is 5.48 Å². The van der Waals surface area contributed by atoms with E-state index in [0.29, 0.717) is 0 Å². The van der Waals surface area contributed by atoms with Gasteiger partial charge in [-0.1, -0.05) is 48.5 Å². The topological polar surface area (TPSA) is 38.3 Å². The largest absolute Gasteiger partial charge is 0.277 e. The summed E-state index contributed by atoms with van der Waals surface area (Å²) in [6.07, 6.45) is 0. The Hall–Kier alpha value is -2.13. The summed E-state index contributed by atoms with van der Waals surface area (Å²) in [4.78, 5) is 16.9. The Balaban J connectivity index is 2.18. The fraction of sp³-hybridized carbons (Fsp3) is 0.133. The molecule has 0 fully saturated rings. The number of carbonyl (C=O) groups excluding carboxylic acids is 1. The van der Waals surface area contributed by atoms with E-state index >= 15 is 0 Å². The van der Waals surface area contributed by atoms with Gasteiger partial charge in [-0.3, -0.25) is 9.63 Å². The molecule has 0 aromatic heterocycles. The van der Waals surface area contributed by atoms with Crippen molar-refractivity contribution in [3.8, 4) is 11.1 Å². The van der Waals surface area contributed by atoms with Gasteiger partial charge in [-0.15, -0.1) is 0 Å². The van der Waals surface area contributed by atoms with Crippen molar-refractivity contribution in [1.29, 1.82) is 0 Å². The number of hydrogen-bond acceptors (Lipinski definition) is 2. The van der Waals surface area contributed by atoms with Gasteiger partial charge in [-0.25, -0.2) is 5.48 Å². The molecule has 18 heavy (non-hydrogen) atoms. The smallest absolute Gasteiger partial charge is 0.255 e. The van der Waals surface area contributed by atoms with Gasteiger partial charge in [0.05, 0.1) is 13.0 Å². The quantitative estimate of drug-likeness (QED) is 0.818. The van der Waals surface area contributed by atoms with Crippen molar-refractivity contribution in [2.24, 2.45) is 0 Å². The summed E-state index contributed by atoms with van der Waals surface area (Å²) in [6, 6.07) is 16.0. The second kappa shape index (κ2) is 4.27. The number of nitrogens with one attached hydrogen (secondary N) is 1. The van der Waals surface area contributed by atoms with Crippen LogP contribution in [0.1, 0.15) is 17.0 Å². The number of rotatable bonds is 2. The highest BCUT2D eigenvalue weighted by Crippen LogP contribution is 2.44. The SMILES string of the molecule is CONC(=O)C1c2ccccc2-c2ccccc21. The minimum atomic E-state index is -0.280. The molecular weight excluding hydrogens is 226 g/mol. The molecule has 3 rings (SSSR count).